The molecule has 0 saturated heterocycles. The molecule has 1 N–H and O–H groups in total. The van der Waals surface area contributed by atoms with Gasteiger partial charge in [-0.2, -0.15) is 0 Å². The Labute approximate surface area is 137 Å². The van der Waals surface area contributed by atoms with E-state index < -0.39 is 5.25 Å². The first-order valence-corrected chi connectivity index (χ1v) is 7.92. The van der Waals surface area contributed by atoms with Crippen molar-refractivity contribution in [2.45, 2.75) is 30.4 Å². The van der Waals surface area contributed by atoms with Crippen LogP contribution in [0.5, 0.6) is 0 Å². The molecule has 1 aromatic heterocycles. The van der Waals surface area contributed by atoms with Gasteiger partial charge in [-0.05, 0) is 18.6 Å². The Bertz CT molecular complexity index is 660. The Kier molecular flexibility index (Phi) is 6.16. The van der Waals surface area contributed by atoms with E-state index in [9.17, 15) is 9.59 Å². The maximum atomic E-state index is 11.9. The van der Waals surface area contributed by atoms with Crippen LogP contribution in [0, 0.1) is 0 Å². The van der Waals surface area contributed by atoms with Gasteiger partial charge in [0.05, 0.1) is 13.7 Å². The lowest BCUT2D eigenvalue weighted by atomic mass is 10.2. The fraction of sp³-hybridized carbons (Fsp3) is 0.333. The Balaban J connectivity index is 1.90. The number of benzene rings is 1. The molecule has 122 valence electrons. The molecule has 0 bridgehead atoms. The highest BCUT2D eigenvalue weighted by Crippen LogP contribution is 2.24. The van der Waals surface area contributed by atoms with Gasteiger partial charge in [-0.1, -0.05) is 36.9 Å². The zero-order chi connectivity index (χ0) is 16.7. The summed E-state index contributed by atoms with van der Waals surface area (Å²) in [6.07, 6.45) is 0.583. The summed E-state index contributed by atoms with van der Waals surface area (Å²) in [7, 11) is 1.34. The first-order chi connectivity index (χ1) is 11.1. The van der Waals surface area contributed by atoms with Gasteiger partial charge in [0.2, 0.25) is 5.89 Å². The molecule has 23 heavy (non-hydrogen) atoms. The van der Waals surface area contributed by atoms with Crippen LogP contribution in [-0.4, -0.2) is 34.4 Å². The molecule has 2 rings (SSSR count). The summed E-state index contributed by atoms with van der Waals surface area (Å²) in [6.45, 7) is 1.99. The molecule has 0 saturated carbocycles. The van der Waals surface area contributed by atoms with Crippen LogP contribution in [0.1, 0.15) is 29.6 Å². The summed E-state index contributed by atoms with van der Waals surface area (Å²) in [4.78, 5) is 23.4. The fourth-order valence-corrected chi connectivity index (χ4v) is 2.59. The van der Waals surface area contributed by atoms with Crippen LogP contribution in [0.3, 0.4) is 0 Å². The minimum absolute atomic E-state index is 0.121. The van der Waals surface area contributed by atoms with Crippen LogP contribution in [0.25, 0.3) is 0 Å². The van der Waals surface area contributed by atoms with Gasteiger partial charge in [0, 0.05) is 5.56 Å². The molecular weight excluding hydrogens is 318 g/mol. The van der Waals surface area contributed by atoms with E-state index in [-0.39, 0.29) is 29.5 Å². The van der Waals surface area contributed by atoms with Crippen LogP contribution in [0.2, 0.25) is 0 Å². The molecule has 1 atom stereocenters. The Hall–Kier alpha value is -2.35. The number of esters is 1. The lowest BCUT2D eigenvalue weighted by Crippen LogP contribution is -2.22. The molecular formula is C15H17N3O4S. The van der Waals surface area contributed by atoms with E-state index in [1.165, 1.54) is 7.11 Å². The van der Waals surface area contributed by atoms with Crippen LogP contribution in [0.4, 0.5) is 0 Å². The van der Waals surface area contributed by atoms with Crippen molar-refractivity contribution in [3.8, 4) is 0 Å². The number of ether oxygens (including phenoxy) is 1. The third kappa shape index (κ3) is 4.82. The minimum atomic E-state index is -0.396. The molecule has 0 aliphatic heterocycles. The van der Waals surface area contributed by atoms with Gasteiger partial charge >= 0.3 is 5.97 Å². The SMILES string of the molecule is CC[C@@H](Sc1nnc(CNC(=O)c2ccccc2)o1)C(=O)OC. The number of nitrogens with one attached hydrogen (secondary N) is 1. The second-order valence-electron chi connectivity index (χ2n) is 4.55. The molecule has 0 aliphatic rings. The number of aromatic nitrogens is 2. The summed E-state index contributed by atoms with van der Waals surface area (Å²) in [6, 6.07) is 8.84. The fourth-order valence-electron chi connectivity index (χ4n) is 1.76. The number of carbonyl (C=O) groups is 2. The number of carbonyl (C=O) groups excluding carboxylic acids is 2. The van der Waals surface area contributed by atoms with Crippen molar-refractivity contribution in [2.75, 3.05) is 7.11 Å². The maximum Gasteiger partial charge on any atom is 0.319 e. The van der Waals surface area contributed by atoms with E-state index in [2.05, 4.69) is 15.5 Å². The number of thioether (sulfide) groups is 1. The predicted molar refractivity (Wildman–Crippen MR) is 83.9 cm³/mol. The van der Waals surface area contributed by atoms with Gasteiger partial charge in [0.25, 0.3) is 11.1 Å². The molecule has 1 heterocycles. The average molecular weight is 335 g/mol. The normalized spacial score (nSPS) is 11.7. The number of rotatable bonds is 7. The quantitative estimate of drug-likeness (QED) is 0.611. The van der Waals surface area contributed by atoms with E-state index in [0.717, 1.165) is 11.8 Å². The Morgan fingerprint density at radius 3 is 2.70 bits per heavy atom. The highest BCUT2D eigenvalue weighted by Gasteiger charge is 2.21. The molecule has 1 amide bonds. The number of methoxy groups -OCH3 is 1. The van der Waals surface area contributed by atoms with Gasteiger partial charge in [0.15, 0.2) is 0 Å². The summed E-state index contributed by atoms with van der Waals surface area (Å²) < 4.78 is 10.1. The van der Waals surface area contributed by atoms with Crippen LogP contribution in [0.15, 0.2) is 40.0 Å². The van der Waals surface area contributed by atoms with Crippen molar-refractivity contribution >= 4 is 23.6 Å². The first kappa shape index (κ1) is 17.0. The predicted octanol–water partition coefficient (Wildman–Crippen LogP) is 2.04. The van der Waals surface area contributed by atoms with E-state index in [0.29, 0.717) is 12.0 Å². The average Bonchev–Trinajstić information content (AvgIpc) is 3.05. The molecule has 1 aromatic carbocycles. The highest BCUT2D eigenvalue weighted by molar-refractivity contribution is 8.00. The number of nitrogens with zero attached hydrogens (tertiary/aromatic N) is 2. The van der Waals surface area contributed by atoms with Crippen molar-refractivity contribution < 1.29 is 18.7 Å². The molecule has 0 radical (unpaired) electrons. The van der Waals surface area contributed by atoms with Crippen LogP contribution >= 0.6 is 11.8 Å². The Morgan fingerprint density at radius 1 is 1.30 bits per heavy atom. The molecule has 0 unspecified atom stereocenters. The monoisotopic (exact) mass is 335 g/mol. The van der Waals surface area contributed by atoms with E-state index in [1.807, 2.05) is 13.0 Å². The zero-order valence-electron chi connectivity index (χ0n) is 12.8. The third-order valence-corrected chi connectivity index (χ3v) is 4.14. The second kappa shape index (κ2) is 8.33. The molecule has 2 aromatic rings. The summed E-state index contributed by atoms with van der Waals surface area (Å²) in [5, 5.41) is 10.3. The van der Waals surface area contributed by atoms with E-state index in [4.69, 9.17) is 9.15 Å². The van der Waals surface area contributed by atoms with Crippen molar-refractivity contribution in [1.29, 1.82) is 0 Å². The van der Waals surface area contributed by atoms with E-state index in [1.54, 1.807) is 24.3 Å². The summed E-state index contributed by atoms with van der Waals surface area (Å²) in [5.41, 5.74) is 0.554. The molecule has 8 heteroatoms. The summed E-state index contributed by atoms with van der Waals surface area (Å²) in [5.74, 6) is -0.287. The maximum absolute atomic E-state index is 11.9. The minimum Gasteiger partial charge on any atom is -0.468 e. The summed E-state index contributed by atoms with van der Waals surface area (Å²) >= 11 is 1.15. The topological polar surface area (TPSA) is 94.3 Å². The standard InChI is InChI=1S/C15H17N3O4S/c1-3-11(14(20)21-2)23-15-18-17-12(22-15)9-16-13(19)10-7-5-4-6-8-10/h4-8,11H,3,9H2,1-2H3,(H,16,19)/t11-/m1/s1. The van der Waals surface area contributed by atoms with Crippen molar-refractivity contribution in [3.63, 3.8) is 0 Å². The molecule has 0 fully saturated rings. The van der Waals surface area contributed by atoms with Crippen molar-refractivity contribution in [3.05, 3.63) is 41.8 Å². The zero-order valence-corrected chi connectivity index (χ0v) is 13.6. The number of hydrogen-bond donors (Lipinski definition) is 1. The lowest BCUT2D eigenvalue weighted by molar-refractivity contribution is -0.140. The van der Waals surface area contributed by atoms with Gasteiger partial charge in [-0.3, -0.25) is 9.59 Å². The van der Waals surface area contributed by atoms with Crippen LogP contribution < -0.4 is 5.32 Å². The van der Waals surface area contributed by atoms with Crippen LogP contribution in [-0.2, 0) is 16.1 Å². The molecule has 0 aliphatic carbocycles. The second-order valence-corrected chi connectivity index (χ2v) is 5.70. The molecule has 7 nitrogen and oxygen atoms in total. The lowest BCUT2D eigenvalue weighted by Gasteiger charge is -2.08. The van der Waals surface area contributed by atoms with Crippen molar-refractivity contribution in [1.82, 2.24) is 15.5 Å². The molecule has 0 spiro atoms. The largest absolute Gasteiger partial charge is 0.468 e. The third-order valence-electron chi connectivity index (χ3n) is 2.96. The van der Waals surface area contributed by atoms with E-state index >= 15 is 0 Å². The number of hydrogen-bond acceptors (Lipinski definition) is 7. The first-order valence-electron chi connectivity index (χ1n) is 7.04. The van der Waals surface area contributed by atoms with Gasteiger partial charge < -0.3 is 14.5 Å². The van der Waals surface area contributed by atoms with Gasteiger partial charge in [-0.15, -0.1) is 10.2 Å². The Morgan fingerprint density at radius 2 is 2.04 bits per heavy atom. The number of amides is 1. The van der Waals surface area contributed by atoms with Gasteiger partial charge in [-0.25, -0.2) is 0 Å². The van der Waals surface area contributed by atoms with Crippen molar-refractivity contribution in [2.24, 2.45) is 0 Å². The van der Waals surface area contributed by atoms with Gasteiger partial charge in [0.1, 0.15) is 5.25 Å². The highest BCUT2D eigenvalue weighted by atomic mass is 32.2. The smallest absolute Gasteiger partial charge is 0.319 e.